The van der Waals surface area contributed by atoms with Crippen LogP contribution in [0.4, 0.5) is 5.82 Å². The Balaban J connectivity index is 1.61. The fourth-order valence-corrected chi connectivity index (χ4v) is 2.66. The van der Waals surface area contributed by atoms with E-state index in [1.165, 1.54) is 6.39 Å². The third-order valence-corrected chi connectivity index (χ3v) is 3.93. The summed E-state index contributed by atoms with van der Waals surface area (Å²) < 4.78 is 10.2. The zero-order chi connectivity index (χ0) is 15.2. The number of ether oxygens (including phenoxy) is 1. The highest BCUT2D eigenvalue weighted by molar-refractivity contribution is 5.58. The molecule has 0 bridgehead atoms. The molecule has 1 aliphatic rings. The third kappa shape index (κ3) is 3.61. The topological polar surface area (TPSA) is 76.3 Å². The highest BCUT2D eigenvalue weighted by Gasteiger charge is 2.19. The first kappa shape index (κ1) is 14.9. The molecule has 1 atom stereocenters. The van der Waals surface area contributed by atoms with Crippen LogP contribution < -0.4 is 5.32 Å². The molecule has 1 N–H and O–H groups in total. The average Bonchev–Trinajstić information content (AvgIpc) is 3.11. The van der Waals surface area contributed by atoms with Gasteiger partial charge in [-0.2, -0.15) is 4.98 Å². The standard InChI is InChI=1S/C15H21N5O2/c1-2-13(20-5-7-21-8-6-20)10-17-14-9-12(3-4-16-14)15-18-11-22-19-15/h3-4,9,11,13H,2,5-8,10H2,1H3,(H,16,17)/t13-/m0/s1. The number of pyridine rings is 1. The second-order valence-electron chi connectivity index (χ2n) is 5.28. The molecular weight excluding hydrogens is 282 g/mol. The summed E-state index contributed by atoms with van der Waals surface area (Å²) in [5.74, 6) is 1.40. The van der Waals surface area contributed by atoms with Gasteiger partial charge in [0.1, 0.15) is 5.82 Å². The number of rotatable bonds is 6. The van der Waals surface area contributed by atoms with E-state index in [9.17, 15) is 0 Å². The fourth-order valence-electron chi connectivity index (χ4n) is 2.66. The van der Waals surface area contributed by atoms with E-state index in [0.29, 0.717) is 11.9 Å². The molecule has 3 heterocycles. The minimum Gasteiger partial charge on any atom is -0.379 e. The van der Waals surface area contributed by atoms with Gasteiger partial charge >= 0.3 is 0 Å². The van der Waals surface area contributed by atoms with E-state index in [2.05, 4.69) is 32.3 Å². The molecule has 0 radical (unpaired) electrons. The lowest BCUT2D eigenvalue weighted by Gasteiger charge is -2.34. The van der Waals surface area contributed by atoms with Crippen molar-refractivity contribution in [1.82, 2.24) is 20.0 Å². The maximum absolute atomic E-state index is 5.42. The van der Waals surface area contributed by atoms with Crippen LogP contribution in [-0.2, 0) is 4.74 Å². The molecule has 0 aromatic carbocycles. The van der Waals surface area contributed by atoms with Crippen molar-refractivity contribution < 1.29 is 9.26 Å². The monoisotopic (exact) mass is 303 g/mol. The van der Waals surface area contributed by atoms with Gasteiger partial charge in [0.2, 0.25) is 12.2 Å². The van der Waals surface area contributed by atoms with Crippen molar-refractivity contribution in [2.24, 2.45) is 0 Å². The summed E-state index contributed by atoms with van der Waals surface area (Å²) in [6, 6.07) is 4.30. The van der Waals surface area contributed by atoms with Gasteiger partial charge in [0.15, 0.2) is 0 Å². The van der Waals surface area contributed by atoms with Crippen LogP contribution in [0.1, 0.15) is 13.3 Å². The van der Waals surface area contributed by atoms with Crippen molar-refractivity contribution in [3.63, 3.8) is 0 Å². The molecule has 7 heteroatoms. The smallest absolute Gasteiger partial charge is 0.214 e. The van der Waals surface area contributed by atoms with E-state index in [0.717, 1.165) is 50.7 Å². The van der Waals surface area contributed by atoms with E-state index in [-0.39, 0.29) is 0 Å². The molecule has 1 fully saturated rings. The SMILES string of the molecule is CC[C@@H](CNc1cc(-c2ncon2)ccn1)N1CCOCC1. The first-order valence-corrected chi connectivity index (χ1v) is 7.65. The Morgan fingerprint density at radius 3 is 2.91 bits per heavy atom. The van der Waals surface area contributed by atoms with E-state index < -0.39 is 0 Å². The summed E-state index contributed by atoms with van der Waals surface area (Å²) in [7, 11) is 0. The molecule has 0 unspecified atom stereocenters. The molecule has 0 amide bonds. The Labute approximate surface area is 129 Å². The van der Waals surface area contributed by atoms with Gasteiger partial charge in [-0.15, -0.1) is 0 Å². The first-order chi connectivity index (χ1) is 10.9. The van der Waals surface area contributed by atoms with E-state index >= 15 is 0 Å². The van der Waals surface area contributed by atoms with Crippen molar-refractivity contribution in [1.29, 1.82) is 0 Å². The molecule has 22 heavy (non-hydrogen) atoms. The van der Waals surface area contributed by atoms with Crippen molar-refractivity contribution in [3.05, 3.63) is 24.7 Å². The van der Waals surface area contributed by atoms with Crippen molar-refractivity contribution in [2.45, 2.75) is 19.4 Å². The zero-order valence-electron chi connectivity index (χ0n) is 12.7. The molecule has 3 rings (SSSR count). The van der Waals surface area contributed by atoms with E-state index in [4.69, 9.17) is 9.26 Å². The average molecular weight is 303 g/mol. The third-order valence-electron chi connectivity index (χ3n) is 3.93. The lowest BCUT2D eigenvalue weighted by molar-refractivity contribution is 0.0184. The number of morpholine rings is 1. The number of hydrogen-bond acceptors (Lipinski definition) is 7. The number of nitrogens with one attached hydrogen (secondary N) is 1. The summed E-state index contributed by atoms with van der Waals surface area (Å²) in [6.07, 6.45) is 4.18. The number of nitrogens with zero attached hydrogens (tertiary/aromatic N) is 4. The summed E-state index contributed by atoms with van der Waals surface area (Å²) >= 11 is 0. The highest BCUT2D eigenvalue weighted by atomic mass is 16.5. The van der Waals surface area contributed by atoms with Crippen LogP contribution in [0.3, 0.4) is 0 Å². The predicted molar refractivity (Wildman–Crippen MR) is 82.5 cm³/mol. The second-order valence-corrected chi connectivity index (χ2v) is 5.28. The van der Waals surface area contributed by atoms with Crippen molar-refractivity contribution in [2.75, 3.05) is 38.2 Å². The molecule has 2 aromatic heterocycles. The van der Waals surface area contributed by atoms with E-state index in [1.54, 1.807) is 6.20 Å². The van der Waals surface area contributed by atoms with Gasteiger partial charge < -0.3 is 14.6 Å². The van der Waals surface area contributed by atoms with Crippen LogP contribution in [0.2, 0.25) is 0 Å². The number of hydrogen-bond donors (Lipinski definition) is 1. The zero-order valence-corrected chi connectivity index (χ0v) is 12.7. The Hall–Kier alpha value is -1.99. The minimum atomic E-state index is 0.486. The first-order valence-electron chi connectivity index (χ1n) is 7.65. The van der Waals surface area contributed by atoms with Gasteiger partial charge in [-0.05, 0) is 18.6 Å². The van der Waals surface area contributed by atoms with Gasteiger partial charge in [0, 0.05) is 37.4 Å². The maximum atomic E-state index is 5.42. The quantitative estimate of drug-likeness (QED) is 0.869. The Morgan fingerprint density at radius 2 is 2.18 bits per heavy atom. The molecule has 0 aliphatic carbocycles. The largest absolute Gasteiger partial charge is 0.379 e. The minimum absolute atomic E-state index is 0.486. The normalized spacial score (nSPS) is 17.3. The molecule has 1 saturated heterocycles. The van der Waals surface area contributed by atoms with Crippen LogP contribution >= 0.6 is 0 Å². The van der Waals surface area contributed by atoms with Gasteiger partial charge in [0.05, 0.1) is 13.2 Å². The van der Waals surface area contributed by atoms with E-state index in [1.807, 2.05) is 12.1 Å². The summed E-state index contributed by atoms with van der Waals surface area (Å²) in [5, 5.41) is 7.26. The Morgan fingerprint density at radius 1 is 1.32 bits per heavy atom. The number of aromatic nitrogens is 3. The number of anilines is 1. The fraction of sp³-hybridized carbons (Fsp3) is 0.533. The van der Waals surface area contributed by atoms with Crippen LogP contribution in [-0.4, -0.2) is 58.9 Å². The lowest BCUT2D eigenvalue weighted by atomic mass is 10.1. The Bertz CT molecular complexity index is 569. The molecule has 0 spiro atoms. The molecule has 7 nitrogen and oxygen atoms in total. The second kappa shape index (κ2) is 7.33. The Kier molecular flexibility index (Phi) is 4.97. The van der Waals surface area contributed by atoms with Crippen LogP contribution in [0.15, 0.2) is 29.2 Å². The molecule has 0 saturated carbocycles. The lowest BCUT2D eigenvalue weighted by Crippen LogP contribution is -2.46. The van der Waals surface area contributed by atoms with Gasteiger partial charge in [-0.1, -0.05) is 12.1 Å². The summed E-state index contributed by atoms with van der Waals surface area (Å²) in [4.78, 5) is 10.9. The van der Waals surface area contributed by atoms with Crippen LogP contribution in [0, 0.1) is 0 Å². The predicted octanol–water partition coefficient (Wildman–Crippen LogP) is 1.65. The molecular formula is C15H21N5O2. The molecule has 118 valence electrons. The summed E-state index contributed by atoms with van der Waals surface area (Å²) in [5.41, 5.74) is 0.894. The van der Waals surface area contributed by atoms with Crippen molar-refractivity contribution >= 4 is 5.82 Å². The van der Waals surface area contributed by atoms with Crippen molar-refractivity contribution in [3.8, 4) is 11.4 Å². The molecule has 1 aliphatic heterocycles. The van der Waals surface area contributed by atoms with Crippen LogP contribution in [0.25, 0.3) is 11.4 Å². The summed E-state index contributed by atoms with van der Waals surface area (Å²) in [6.45, 7) is 6.71. The molecule has 2 aromatic rings. The van der Waals surface area contributed by atoms with Gasteiger partial charge in [-0.3, -0.25) is 4.90 Å². The maximum Gasteiger partial charge on any atom is 0.214 e. The van der Waals surface area contributed by atoms with Gasteiger partial charge in [-0.25, -0.2) is 4.98 Å². The highest BCUT2D eigenvalue weighted by Crippen LogP contribution is 2.17. The van der Waals surface area contributed by atoms with Crippen LogP contribution in [0.5, 0.6) is 0 Å². The van der Waals surface area contributed by atoms with Gasteiger partial charge in [0.25, 0.3) is 0 Å².